The maximum atomic E-state index is 3.60. The fourth-order valence-electron chi connectivity index (χ4n) is 0.215. The maximum absolute atomic E-state index is 3.60. The zero-order chi connectivity index (χ0) is 3.54. The summed E-state index contributed by atoms with van der Waals surface area (Å²) in [6.45, 7) is 0. The van der Waals surface area contributed by atoms with E-state index in [1.54, 1.807) is 12.4 Å². The Morgan fingerprint density at radius 1 is 1.50 bits per heavy atom. The van der Waals surface area contributed by atoms with Gasteiger partial charge in [0.25, 0.3) is 0 Å². The number of H-pyrrole nitrogens is 1. The Morgan fingerprint density at radius 3 is 2.50 bits per heavy atom. The third-order valence-electron chi connectivity index (χ3n) is 0.406. The molecule has 0 saturated heterocycles. The minimum atomic E-state index is 0. The van der Waals surface area contributed by atoms with Crippen molar-refractivity contribution >= 4 is 23.9 Å². The summed E-state index contributed by atoms with van der Waals surface area (Å²) >= 11 is 0. The van der Waals surface area contributed by atoms with Crippen LogP contribution in [0.5, 0.6) is 0 Å². The van der Waals surface area contributed by atoms with Gasteiger partial charge in [-0.25, -0.2) is 0 Å². The minimum absolute atomic E-state index is 0. The summed E-state index contributed by atoms with van der Waals surface area (Å²) in [5.74, 6) is 0. The van der Waals surface area contributed by atoms with Crippen LogP contribution in [0.15, 0.2) is 18.5 Å². The number of hydrogen-bond acceptors (Lipinski definition) is 1. The first kappa shape index (κ1) is 6.01. The molecule has 1 aromatic heterocycles. The average Bonchev–Trinajstić information content (AvgIpc) is 1.76. The molecule has 4 radical (unpaired) electrons. The fraction of sp³-hybridized carbons (Fsp3) is 0. The molecule has 3 heteroatoms. The molecule has 0 fully saturated rings. The molecule has 1 aromatic rings. The van der Waals surface area contributed by atoms with Crippen LogP contribution in [0.2, 0.25) is 0 Å². The second-order valence-electron chi connectivity index (χ2n) is 0.766. The molecule has 1 rings (SSSR count). The van der Waals surface area contributed by atoms with Gasteiger partial charge in [0, 0.05) is 36.3 Å². The Morgan fingerprint density at radius 2 is 2.33 bits per heavy atom. The van der Waals surface area contributed by atoms with Gasteiger partial charge in [0.2, 0.25) is 0 Å². The number of nitrogens with one attached hydrogen (secondary N) is 1. The van der Waals surface area contributed by atoms with Crippen LogP contribution < -0.4 is 0 Å². The number of nitrogens with zero attached hydrogens (tertiary/aromatic N) is 1. The molecule has 1 heterocycles. The van der Waals surface area contributed by atoms with Gasteiger partial charge in [-0.2, -0.15) is 5.10 Å². The van der Waals surface area contributed by atoms with E-state index >= 15 is 0 Å². The van der Waals surface area contributed by atoms with E-state index < -0.39 is 0 Å². The zero-order valence-corrected chi connectivity index (χ0v) is 6.03. The summed E-state index contributed by atoms with van der Waals surface area (Å²) in [7, 11) is 0. The molecule has 0 aromatic carbocycles. The van der Waals surface area contributed by atoms with E-state index in [-0.39, 0.29) is 23.9 Å². The Hall–Kier alpha value is 0.00870. The van der Waals surface area contributed by atoms with Gasteiger partial charge in [-0.3, -0.25) is 5.10 Å². The maximum Gasteiger partial charge on any atom is 0.0487 e. The SMILES string of the molecule is [Sn].c1cn[nH]c1. The largest absolute Gasteiger partial charge is 0.286 e. The van der Waals surface area contributed by atoms with E-state index in [1.807, 2.05) is 6.07 Å². The predicted molar refractivity (Wildman–Crippen MR) is 24.3 cm³/mol. The van der Waals surface area contributed by atoms with Crippen molar-refractivity contribution in [3.63, 3.8) is 0 Å². The van der Waals surface area contributed by atoms with Gasteiger partial charge in [-0.15, -0.1) is 0 Å². The van der Waals surface area contributed by atoms with Crippen LogP contribution in [-0.4, -0.2) is 34.1 Å². The van der Waals surface area contributed by atoms with Crippen molar-refractivity contribution in [1.29, 1.82) is 0 Å². The molecule has 6 heavy (non-hydrogen) atoms. The number of rotatable bonds is 0. The third kappa shape index (κ3) is 1.45. The molecular formula is C3H4N2Sn. The Kier molecular flexibility index (Phi) is 3.21. The Balaban J connectivity index is 0.000000250. The van der Waals surface area contributed by atoms with E-state index in [1.165, 1.54) is 0 Å². The summed E-state index contributed by atoms with van der Waals surface area (Å²) in [5.41, 5.74) is 0. The van der Waals surface area contributed by atoms with Crippen LogP contribution in [0.1, 0.15) is 0 Å². The van der Waals surface area contributed by atoms with Gasteiger partial charge in [-0.1, -0.05) is 0 Å². The van der Waals surface area contributed by atoms with Crippen LogP contribution in [0, 0.1) is 0 Å². The van der Waals surface area contributed by atoms with Gasteiger partial charge in [-0.05, 0) is 6.07 Å². The fourth-order valence-corrected chi connectivity index (χ4v) is 0.215. The van der Waals surface area contributed by atoms with E-state index in [9.17, 15) is 0 Å². The van der Waals surface area contributed by atoms with E-state index in [0.29, 0.717) is 0 Å². The monoisotopic (exact) mass is 188 g/mol. The molecule has 0 saturated carbocycles. The van der Waals surface area contributed by atoms with Crippen LogP contribution in [0.3, 0.4) is 0 Å². The van der Waals surface area contributed by atoms with Crippen molar-refractivity contribution in [1.82, 2.24) is 10.2 Å². The summed E-state index contributed by atoms with van der Waals surface area (Å²) in [6.07, 6.45) is 3.46. The van der Waals surface area contributed by atoms with E-state index in [2.05, 4.69) is 10.2 Å². The average molecular weight is 187 g/mol. The first-order valence-electron chi connectivity index (χ1n) is 1.44. The van der Waals surface area contributed by atoms with Crippen LogP contribution in [-0.2, 0) is 0 Å². The first-order chi connectivity index (χ1) is 2.50. The van der Waals surface area contributed by atoms with E-state index in [0.717, 1.165) is 0 Å². The molecule has 1 N–H and O–H groups in total. The second-order valence-corrected chi connectivity index (χ2v) is 0.766. The molecule has 0 unspecified atom stereocenters. The summed E-state index contributed by atoms with van der Waals surface area (Å²) in [5, 5.41) is 6.21. The molecule has 0 amide bonds. The standard InChI is InChI=1S/C3H4N2.Sn/c1-2-4-5-3-1;/h1-3H,(H,4,5);. The minimum Gasteiger partial charge on any atom is -0.286 e. The molecular weight excluding hydrogens is 183 g/mol. The molecule has 0 spiro atoms. The summed E-state index contributed by atoms with van der Waals surface area (Å²) < 4.78 is 0. The topological polar surface area (TPSA) is 28.7 Å². The van der Waals surface area contributed by atoms with Crippen LogP contribution in [0.4, 0.5) is 0 Å². The van der Waals surface area contributed by atoms with Gasteiger partial charge < -0.3 is 0 Å². The number of aromatic nitrogens is 2. The van der Waals surface area contributed by atoms with Crippen LogP contribution >= 0.6 is 0 Å². The quantitative estimate of drug-likeness (QED) is 0.570. The van der Waals surface area contributed by atoms with Crippen molar-refractivity contribution in [2.75, 3.05) is 0 Å². The zero-order valence-electron chi connectivity index (χ0n) is 3.18. The molecule has 0 aliphatic carbocycles. The van der Waals surface area contributed by atoms with Gasteiger partial charge >= 0.3 is 0 Å². The second kappa shape index (κ2) is 3.21. The van der Waals surface area contributed by atoms with Crippen molar-refractivity contribution in [3.05, 3.63) is 18.5 Å². The van der Waals surface area contributed by atoms with E-state index in [4.69, 9.17) is 0 Å². The molecule has 0 aliphatic rings. The number of aromatic amines is 1. The normalized spacial score (nSPS) is 6.67. The van der Waals surface area contributed by atoms with Gasteiger partial charge in [0.1, 0.15) is 0 Å². The molecule has 30 valence electrons. The van der Waals surface area contributed by atoms with Gasteiger partial charge in [0.05, 0.1) is 0 Å². The first-order valence-corrected chi connectivity index (χ1v) is 1.44. The van der Waals surface area contributed by atoms with Gasteiger partial charge in [0.15, 0.2) is 0 Å². The molecule has 0 atom stereocenters. The number of hydrogen-bond donors (Lipinski definition) is 1. The Bertz CT molecular complexity index is 65.3. The smallest absolute Gasteiger partial charge is 0.0487 e. The summed E-state index contributed by atoms with van der Waals surface area (Å²) in [6, 6.07) is 1.83. The molecule has 0 aliphatic heterocycles. The molecule has 0 bridgehead atoms. The summed E-state index contributed by atoms with van der Waals surface area (Å²) in [4.78, 5) is 0. The third-order valence-corrected chi connectivity index (χ3v) is 0.406. The Labute approximate surface area is 52.9 Å². The van der Waals surface area contributed by atoms with Crippen LogP contribution in [0.25, 0.3) is 0 Å². The van der Waals surface area contributed by atoms with Crippen molar-refractivity contribution in [3.8, 4) is 0 Å². The van der Waals surface area contributed by atoms with Crippen molar-refractivity contribution in [2.45, 2.75) is 0 Å². The van der Waals surface area contributed by atoms with Crippen molar-refractivity contribution in [2.24, 2.45) is 0 Å². The molecule has 2 nitrogen and oxygen atoms in total. The van der Waals surface area contributed by atoms with Crippen molar-refractivity contribution < 1.29 is 0 Å². The predicted octanol–water partition coefficient (Wildman–Crippen LogP) is 0.0289.